The summed E-state index contributed by atoms with van der Waals surface area (Å²) in [6, 6.07) is 0. The largest absolute Gasteiger partial charge is 0.0993 e. The van der Waals surface area contributed by atoms with Crippen LogP contribution in [0.5, 0.6) is 0 Å². The Balaban J connectivity index is 3.82. The van der Waals surface area contributed by atoms with Gasteiger partial charge in [-0.05, 0) is 11.8 Å². The number of hydrogen-bond acceptors (Lipinski definition) is 0. The molecule has 0 saturated heterocycles. The fourth-order valence-electron chi connectivity index (χ4n) is 0.530. The van der Waals surface area contributed by atoms with Crippen LogP contribution in [0, 0.1) is 5.41 Å². The summed E-state index contributed by atoms with van der Waals surface area (Å²) < 4.78 is 0. The lowest BCUT2D eigenvalue weighted by Crippen LogP contribution is -2.06. The molecule has 0 radical (unpaired) electrons. The SMILES string of the molecule is C=C(CC)C(C)(C)C. The second-order valence-corrected chi connectivity index (χ2v) is 3.21. The molecule has 0 heterocycles. The van der Waals surface area contributed by atoms with Gasteiger partial charge in [-0.25, -0.2) is 0 Å². The second kappa shape index (κ2) is 2.34. The summed E-state index contributed by atoms with van der Waals surface area (Å²) in [6.07, 6.45) is 1.10. The summed E-state index contributed by atoms with van der Waals surface area (Å²) in [6.45, 7) is 12.7. The predicted octanol–water partition coefficient (Wildman–Crippen LogP) is 3.00. The Hall–Kier alpha value is -0.260. The van der Waals surface area contributed by atoms with Crippen LogP contribution in [0.4, 0.5) is 0 Å². The Bertz CT molecular complexity index is 82.7. The van der Waals surface area contributed by atoms with Crippen LogP contribution in [0.15, 0.2) is 12.2 Å². The highest BCUT2D eigenvalue weighted by molar-refractivity contribution is 5.03. The van der Waals surface area contributed by atoms with E-state index in [9.17, 15) is 0 Å². The molecule has 0 spiro atoms. The normalized spacial score (nSPS) is 11.5. The lowest BCUT2D eigenvalue weighted by Gasteiger charge is -2.19. The lowest BCUT2D eigenvalue weighted by atomic mass is 9.86. The van der Waals surface area contributed by atoms with E-state index in [1.807, 2.05) is 0 Å². The van der Waals surface area contributed by atoms with Crippen molar-refractivity contribution >= 4 is 0 Å². The molecule has 0 aliphatic heterocycles. The first-order chi connectivity index (χ1) is 3.48. The molecule has 0 aliphatic carbocycles. The molecule has 0 heteroatoms. The third kappa shape index (κ3) is 2.15. The van der Waals surface area contributed by atoms with Gasteiger partial charge in [0.1, 0.15) is 0 Å². The van der Waals surface area contributed by atoms with E-state index < -0.39 is 0 Å². The predicted molar refractivity (Wildman–Crippen MR) is 38.9 cm³/mol. The molecule has 0 rings (SSSR count). The first-order valence-corrected chi connectivity index (χ1v) is 3.16. The minimum absolute atomic E-state index is 0.314. The molecule has 0 atom stereocenters. The molecular formula is C8H16. The summed E-state index contributed by atoms with van der Waals surface area (Å²) in [7, 11) is 0. The van der Waals surface area contributed by atoms with Gasteiger partial charge in [0.25, 0.3) is 0 Å². The summed E-state index contributed by atoms with van der Waals surface area (Å²) in [5.41, 5.74) is 1.65. The third-order valence-corrected chi connectivity index (χ3v) is 1.49. The summed E-state index contributed by atoms with van der Waals surface area (Å²) >= 11 is 0. The molecule has 0 unspecified atom stereocenters. The van der Waals surface area contributed by atoms with Crippen molar-refractivity contribution in [2.45, 2.75) is 34.1 Å². The third-order valence-electron chi connectivity index (χ3n) is 1.49. The number of hydrogen-bond donors (Lipinski definition) is 0. The highest BCUT2D eigenvalue weighted by Crippen LogP contribution is 2.25. The van der Waals surface area contributed by atoms with Crippen LogP contribution < -0.4 is 0 Å². The molecule has 0 N–H and O–H groups in total. The van der Waals surface area contributed by atoms with Crippen molar-refractivity contribution in [3.8, 4) is 0 Å². The maximum atomic E-state index is 3.94. The van der Waals surface area contributed by atoms with E-state index in [-0.39, 0.29) is 0 Å². The van der Waals surface area contributed by atoms with Crippen molar-refractivity contribution in [2.75, 3.05) is 0 Å². The van der Waals surface area contributed by atoms with E-state index in [4.69, 9.17) is 0 Å². The first-order valence-electron chi connectivity index (χ1n) is 3.16. The first kappa shape index (κ1) is 7.74. The van der Waals surface area contributed by atoms with Gasteiger partial charge in [0.15, 0.2) is 0 Å². The van der Waals surface area contributed by atoms with Gasteiger partial charge in [0, 0.05) is 0 Å². The zero-order chi connectivity index (χ0) is 6.78. The maximum Gasteiger partial charge on any atom is -0.0176 e. The molecular weight excluding hydrogens is 96.1 g/mol. The Morgan fingerprint density at radius 1 is 1.38 bits per heavy atom. The fourth-order valence-corrected chi connectivity index (χ4v) is 0.530. The average Bonchev–Trinajstić information content (AvgIpc) is 1.62. The van der Waals surface area contributed by atoms with Crippen molar-refractivity contribution < 1.29 is 0 Å². The molecule has 0 aromatic rings. The Labute approximate surface area is 52.6 Å². The zero-order valence-electron chi connectivity index (χ0n) is 6.41. The van der Waals surface area contributed by atoms with Gasteiger partial charge < -0.3 is 0 Å². The van der Waals surface area contributed by atoms with E-state index in [0.29, 0.717) is 5.41 Å². The molecule has 0 bridgehead atoms. The molecule has 0 amide bonds. The van der Waals surface area contributed by atoms with E-state index in [1.54, 1.807) is 0 Å². The van der Waals surface area contributed by atoms with Crippen molar-refractivity contribution in [1.29, 1.82) is 0 Å². The Kier molecular flexibility index (Phi) is 2.26. The second-order valence-electron chi connectivity index (χ2n) is 3.21. The molecule has 8 heavy (non-hydrogen) atoms. The van der Waals surface area contributed by atoms with Gasteiger partial charge in [-0.15, -0.1) is 0 Å². The molecule has 0 aliphatic rings. The number of allylic oxidation sites excluding steroid dienone is 1. The van der Waals surface area contributed by atoms with Crippen molar-refractivity contribution in [2.24, 2.45) is 5.41 Å². The molecule has 48 valence electrons. The summed E-state index contributed by atoms with van der Waals surface area (Å²) in [5, 5.41) is 0. The quantitative estimate of drug-likeness (QED) is 0.457. The van der Waals surface area contributed by atoms with E-state index in [0.717, 1.165) is 6.42 Å². The Morgan fingerprint density at radius 3 is 1.75 bits per heavy atom. The van der Waals surface area contributed by atoms with Crippen LogP contribution in [0.1, 0.15) is 34.1 Å². The fraction of sp³-hybridized carbons (Fsp3) is 0.750. The highest BCUT2D eigenvalue weighted by Gasteiger charge is 2.11. The average molecular weight is 112 g/mol. The molecule has 0 aromatic carbocycles. The minimum Gasteiger partial charge on any atom is -0.0993 e. The van der Waals surface area contributed by atoms with Gasteiger partial charge in [-0.1, -0.05) is 39.8 Å². The van der Waals surface area contributed by atoms with Crippen LogP contribution in [0.3, 0.4) is 0 Å². The molecule has 0 nitrogen and oxygen atoms in total. The summed E-state index contributed by atoms with van der Waals surface area (Å²) in [5.74, 6) is 0. The minimum atomic E-state index is 0.314. The van der Waals surface area contributed by atoms with E-state index in [1.165, 1.54) is 5.57 Å². The van der Waals surface area contributed by atoms with Crippen LogP contribution in [0.2, 0.25) is 0 Å². The van der Waals surface area contributed by atoms with Crippen LogP contribution in [-0.2, 0) is 0 Å². The topological polar surface area (TPSA) is 0 Å². The molecule has 0 fully saturated rings. The van der Waals surface area contributed by atoms with Gasteiger partial charge in [-0.3, -0.25) is 0 Å². The molecule has 0 aromatic heterocycles. The van der Waals surface area contributed by atoms with Crippen LogP contribution in [0.25, 0.3) is 0 Å². The van der Waals surface area contributed by atoms with E-state index in [2.05, 4.69) is 34.3 Å². The lowest BCUT2D eigenvalue weighted by molar-refractivity contribution is 0.490. The zero-order valence-corrected chi connectivity index (χ0v) is 6.41. The summed E-state index contributed by atoms with van der Waals surface area (Å²) in [4.78, 5) is 0. The van der Waals surface area contributed by atoms with Gasteiger partial charge in [-0.2, -0.15) is 0 Å². The van der Waals surface area contributed by atoms with Crippen molar-refractivity contribution in [3.05, 3.63) is 12.2 Å². The van der Waals surface area contributed by atoms with E-state index >= 15 is 0 Å². The van der Waals surface area contributed by atoms with Gasteiger partial charge in [0.2, 0.25) is 0 Å². The van der Waals surface area contributed by atoms with Crippen molar-refractivity contribution in [1.82, 2.24) is 0 Å². The highest BCUT2D eigenvalue weighted by atomic mass is 14.2. The van der Waals surface area contributed by atoms with Crippen molar-refractivity contribution in [3.63, 3.8) is 0 Å². The monoisotopic (exact) mass is 112 g/mol. The van der Waals surface area contributed by atoms with Crippen LogP contribution in [-0.4, -0.2) is 0 Å². The molecule has 0 saturated carbocycles. The maximum absolute atomic E-state index is 3.94. The van der Waals surface area contributed by atoms with Gasteiger partial charge >= 0.3 is 0 Å². The number of rotatable bonds is 1. The van der Waals surface area contributed by atoms with Gasteiger partial charge in [0.05, 0.1) is 0 Å². The standard InChI is InChI=1S/C8H16/c1-6-7(2)8(3,4)5/h2,6H2,1,3-5H3. The smallest absolute Gasteiger partial charge is 0.0176 e. The Morgan fingerprint density at radius 2 is 1.75 bits per heavy atom. The van der Waals surface area contributed by atoms with Crippen LogP contribution >= 0.6 is 0 Å².